The first kappa shape index (κ1) is 12.0. The zero-order chi connectivity index (χ0) is 12.1. The number of hydrogen-bond donors (Lipinski definition) is 0. The molecule has 4 heteroatoms. The quantitative estimate of drug-likeness (QED) is 0.596. The monoisotopic (exact) mass is 235 g/mol. The molecule has 0 aromatic heterocycles. The fourth-order valence-corrected chi connectivity index (χ4v) is 2.23. The maximum Gasteiger partial charge on any atom is 0.235 e. The normalized spacial score (nSPS) is 18.4. The Morgan fingerprint density at radius 3 is 2.71 bits per heavy atom. The lowest BCUT2D eigenvalue weighted by molar-refractivity contribution is 0.0582. The molecule has 1 saturated heterocycles. The second-order valence-corrected chi connectivity index (χ2v) is 4.14. The molecule has 0 radical (unpaired) electrons. The molecule has 0 aliphatic carbocycles. The van der Waals surface area contributed by atoms with Crippen LogP contribution >= 0.6 is 0 Å². The Kier molecular flexibility index (Phi) is 4.02. The molecule has 17 heavy (non-hydrogen) atoms. The number of aliphatic imine (C=N–C) groups is 1. The molecule has 1 aromatic rings. The largest absolute Gasteiger partial charge is 0.381 e. The van der Waals surface area contributed by atoms with Crippen molar-refractivity contribution in [2.75, 3.05) is 13.2 Å². The Balaban J connectivity index is 2.28. The van der Waals surface area contributed by atoms with E-state index in [4.69, 9.17) is 4.74 Å². The third kappa shape index (κ3) is 2.78. The van der Waals surface area contributed by atoms with Gasteiger partial charge in [-0.2, -0.15) is 4.99 Å². The van der Waals surface area contributed by atoms with E-state index in [1.807, 2.05) is 0 Å². The van der Waals surface area contributed by atoms with Crippen molar-refractivity contribution in [3.05, 3.63) is 35.6 Å². The molecule has 90 valence electrons. The summed E-state index contributed by atoms with van der Waals surface area (Å²) in [5.41, 5.74) is 0.475. The van der Waals surface area contributed by atoms with Crippen LogP contribution in [0.3, 0.4) is 0 Å². The van der Waals surface area contributed by atoms with E-state index in [0.29, 0.717) is 18.8 Å². The first-order valence-electron chi connectivity index (χ1n) is 5.72. The Labute approximate surface area is 99.3 Å². The highest BCUT2D eigenvalue weighted by atomic mass is 19.1. The zero-order valence-electron chi connectivity index (χ0n) is 9.43. The third-order valence-electron chi connectivity index (χ3n) is 3.13. The van der Waals surface area contributed by atoms with Gasteiger partial charge in [-0.1, -0.05) is 18.2 Å². The molecule has 1 unspecified atom stereocenters. The van der Waals surface area contributed by atoms with Crippen LogP contribution in [-0.2, 0) is 9.53 Å². The van der Waals surface area contributed by atoms with Gasteiger partial charge >= 0.3 is 0 Å². The van der Waals surface area contributed by atoms with Crippen LogP contribution < -0.4 is 0 Å². The van der Waals surface area contributed by atoms with E-state index in [2.05, 4.69) is 4.99 Å². The number of benzene rings is 1. The van der Waals surface area contributed by atoms with Gasteiger partial charge < -0.3 is 4.74 Å². The molecular weight excluding hydrogens is 221 g/mol. The van der Waals surface area contributed by atoms with Crippen LogP contribution in [0.2, 0.25) is 0 Å². The summed E-state index contributed by atoms with van der Waals surface area (Å²) in [6.07, 6.45) is 3.15. The highest BCUT2D eigenvalue weighted by molar-refractivity contribution is 5.36. The van der Waals surface area contributed by atoms with Crippen molar-refractivity contribution >= 4 is 6.08 Å². The van der Waals surface area contributed by atoms with Crippen LogP contribution in [-0.4, -0.2) is 19.3 Å². The van der Waals surface area contributed by atoms with Gasteiger partial charge in [0.15, 0.2) is 0 Å². The molecule has 1 aliphatic heterocycles. The van der Waals surface area contributed by atoms with E-state index in [1.54, 1.807) is 24.3 Å². The van der Waals surface area contributed by atoms with Crippen LogP contribution in [0.4, 0.5) is 4.39 Å². The van der Waals surface area contributed by atoms with Gasteiger partial charge in [0.2, 0.25) is 6.08 Å². The van der Waals surface area contributed by atoms with Crippen LogP contribution in [0.25, 0.3) is 0 Å². The Morgan fingerprint density at radius 2 is 2.06 bits per heavy atom. The van der Waals surface area contributed by atoms with Crippen molar-refractivity contribution in [2.24, 2.45) is 10.9 Å². The van der Waals surface area contributed by atoms with Crippen molar-refractivity contribution < 1.29 is 13.9 Å². The second-order valence-electron chi connectivity index (χ2n) is 4.14. The molecule has 1 aromatic carbocycles. The molecule has 3 nitrogen and oxygen atoms in total. The SMILES string of the molecule is O=C=NC(c1ccccc1F)C1CCOCC1. The molecule has 0 saturated carbocycles. The molecule has 0 amide bonds. The predicted molar refractivity (Wildman–Crippen MR) is 60.8 cm³/mol. The summed E-state index contributed by atoms with van der Waals surface area (Å²) >= 11 is 0. The summed E-state index contributed by atoms with van der Waals surface area (Å²) in [7, 11) is 0. The minimum Gasteiger partial charge on any atom is -0.381 e. The number of ether oxygens (including phenoxy) is 1. The number of nitrogens with zero attached hydrogens (tertiary/aromatic N) is 1. The molecule has 1 heterocycles. The number of isocyanates is 1. The lowest BCUT2D eigenvalue weighted by Crippen LogP contribution is -2.21. The van der Waals surface area contributed by atoms with E-state index in [0.717, 1.165) is 12.8 Å². The molecule has 2 rings (SSSR count). The van der Waals surface area contributed by atoms with Crippen LogP contribution in [0.1, 0.15) is 24.4 Å². The van der Waals surface area contributed by atoms with Gasteiger partial charge in [0.25, 0.3) is 0 Å². The Bertz CT molecular complexity index is 423. The summed E-state index contributed by atoms with van der Waals surface area (Å²) in [5, 5.41) is 0. The maximum absolute atomic E-state index is 13.7. The van der Waals surface area contributed by atoms with Crippen LogP contribution in [0.15, 0.2) is 29.3 Å². The smallest absolute Gasteiger partial charge is 0.235 e. The fraction of sp³-hybridized carbons (Fsp3) is 0.462. The van der Waals surface area contributed by atoms with E-state index in [-0.39, 0.29) is 11.7 Å². The topological polar surface area (TPSA) is 38.7 Å². The molecule has 0 bridgehead atoms. The summed E-state index contributed by atoms with van der Waals surface area (Å²) < 4.78 is 19.0. The van der Waals surface area contributed by atoms with Crippen molar-refractivity contribution in [3.8, 4) is 0 Å². The van der Waals surface area contributed by atoms with Crippen LogP contribution in [0.5, 0.6) is 0 Å². The Hall–Kier alpha value is -1.51. The van der Waals surface area contributed by atoms with Gasteiger partial charge in [0.1, 0.15) is 5.82 Å². The zero-order valence-corrected chi connectivity index (χ0v) is 9.43. The number of rotatable bonds is 3. The minimum absolute atomic E-state index is 0.155. The van der Waals surface area contributed by atoms with E-state index in [9.17, 15) is 9.18 Å². The van der Waals surface area contributed by atoms with Gasteiger partial charge in [0.05, 0.1) is 6.04 Å². The van der Waals surface area contributed by atoms with Crippen molar-refractivity contribution in [2.45, 2.75) is 18.9 Å². The average molecular weight is 235 g/mol. The standard InChI is InChI=1S/C13H14FNO2/c14-12-4-2-1-3-11(12)13(15-9-16)10-5-7-17-8-6-10/h1-4,10,13H,5-8H2. The highest BCUT2D eigenvalue weighted by Gasteiger charge is 2.27. The third-order valence-corrected chi connectivity index (χ3v) is 3.13. The fourth-order valence-electron chi connectivity index (χ4n) is 2.23. The first-order chi connectivity index (χ1) is 8.33. The Morgan fingerprint density at radius 1 is 1.35 bits per heavy atom. The lowest BCUT2D eigenvalue weighted by atomic mass is 9.87. The molecular formula is C13H14FNO2. The molecule has 0 spiro atoms. The molecule has 0 N–H and O–H groups in total. The van der Waals surface area contributed by atoms with Crippen molar-refractivity contribution in [1.29, 1.82) is 0 Å². The van der Waals surface area contributed by atoms with Gasteiger partial charge in [-0.3, -0.25) is 0 Å². The molecule has 1 aliphatic rings. The summed E-state index contributed by atoms with van der Waals surface area (Å²) in [5.74, 6) is -0.162. The van der Waals surface area contributed by atoms with E-state index >= 15 is 0 Å². The first-order valence-corrected chi connectivity index (χ1v) is 5.72. The van der Waals surface area contributed by atoms with Crippen molar-refractivity contribution in [3.63, 3.8) is 0 Å². The summed E-state index contributed by atoms with van der Waals surface area (Å²) in [6.45, 7) is 1.29. The van der Waals surface area contributed by atoms with E-state index < -0.39 is 6.04 Å². The highest BCUT2D eigenvalue weighted by Crippen LogP contribution is 2.34. The van der Waals surface area contributed by atoms with Gasteiger partial charge in [-0.15, -0.1) is 0 Å². The van der Waals surface area contributed by atoms with Crippen molar-refractivity contribution in [1.82, 2.24) is 0 Å². The summed E-state index contributed by atoms with van der Waals surface area (Å²) in [4.78, 5) is 14.3. The summed E-state index contributed by atoms with van der Waals surface area (Å²) in [6, 6.07) is 6.02. The molecule has 1 atom stereocenters. The number of hydrogen-bond acceptors (Lipinski definition) is 3. The van der Waals surface area contributed by atoms with Gasteiger partial charge in [-0.25, -0.2) is 9.18 Å². The maximum atomic E-state index is 13.7. The lowest BCUT2D eigenvalue weighted by Gasteiger charge is -2.27. The minimum atomic E-state index is -0.433. The average Bonchev–Trinajstić information content (AvgIpc) is 2.38. The van der Waals surface area contributed by atoms with Gasteiger partial charge in [0, 0.05) is 18.8 Å². The predicted octanol–water partition coefficient (Wildman–Crippen LogP) is 2.63. The number of carbonyl (C=O) groups excluding carboxylic acids is 1. The molecule has 1 fully saturated rings. The number of halogens is 1. The second kappa shape index (κ2) is 5.71. The van der Waals surface area contributed by atoms with E-state index in [1.165, 1.54) is 6.07 Å². The van der Waals surface area contributed by atoms with Crippen LogP contribution in [0, 0.1) is 11.7 Å². The van der Waals surface area contributed by atoms with Gasteiger partial charge in [-0.05, 0) is 24.8 Å².